The number of hydrogen-bond donors (Lipinski definition) is 1. The minimum atomic E-state index is -4.90. The summed E-state index contributed by atoms with van der Waals surface area (Å²) < 4.78 is 41.6. The summed E-state index contributed by atoms with van der Waals surface area (Å²) in [5.41, 5.74) is -0.109. The number of halogens is 4. The molecule has 1 saturated heterocycles. The summed E-state index contributed by atoms with van der Waals surface area (Å²) in [6.07, 6.45) is -4.90. The molecule has 1 aromatic carbocycles. The van der Waals surface area contributed by atoms with Crippen LogP contribution in [0, 0.1) is 0 Å². The van der Waals surface area contributed by atoms with Crippen LogP contribution in [0.4, 0.5) is 18.9 Å². The second kappa shape index (κ2) is 5.55. The molecule has 0 aliphatic carbocycles. The number of nitrogens with one attached hydrogen (secondary N) is 1. The van der Waals surface area contributed by atoms with Crippen LogP contribution in [0.15, 0.2) is 22.7 Å². The normalized spacial score (nSPS) is 19.5. The molecule has 114 valence electrons. The number of ether oxygens (including phenoxy) is 1. The van der Waals surface area contributed by atoms with Gasteiger partial charge in [0, 0.05) is 4.47 Å². The van der Waals surface area contributed by atoms with Gasteiger partial charge in [-0.2, -0.15) is 0 Å². The molecule has 0 spiro atoms. The minimum Gasteiger partial charge on any atom is -0.404 e. The fourth-order valence-electron chi connectivity index (χ4n) is 1.93. The van der Waals surface area contributed by atoms with E-state index in [1.165, 1.54) is 19.1 Å². The van der Waals surface area contributed by atoms with Crippen molar-refractivity contribution in [2.75, 3.05) is 11.4 Å². The van der Waals surface area contributed by atoms with Gasteiger partial charge in [-0.3, -0.25) is 14.5 Å². The number of benzene rings is 1. The lowest BCUT2D eigenvalue weighted by atomic mass is 10.1. The topological polar surface area (TPSA) is 58.6 Å². The van der Waals surface area contributed by atoms with Crippen molar-refractivity contribution in [1.29, 1.82) is 0 Å². The Bertz CT molecular complexity index is 592. The first-order valence-corrected chi connectivity index (χ1v) is 6.63. The number of anilines is 1. The second-order valence-electron chi connectivity index (χ2n) is 4.37. The van der Waals surface area contributed by atoms with Crippen molar-refractivity contribution in [3.8, 4) is 5.75 Å². The van der Waals surface area contributed by atoms with Crippen molar-refractivity contribution in [2.24, 2.45) is 0 Å². The molecule has 1 aliphatic heterocycles. The Kier molecular flexibility index (Phi) is 4.13. The van der Waals surface area contributed by atoms with E-state index in [0.29, 0.717) is 4.47 Å². The molecule has 1 aromatic rings. The quantitative estimate of drug-likeness (QED) is 0.872. The lowest BCUT2D eigenvalue weighted by Crippen LogP contribution is -2.57. The summed E-state index contributed by atoms with van der Waals surface area (Å²) in [5, 5.41) is 2.41. The number of alkyl halides is 3. The van der Waals surface area contributed by atoms with Gasteiger partial charge in [-0.15, -0.1) is 13.2 Å². The predicted molar refractivity (Wildman–Crippen MR) is 70.8 cm³/mol. The van der Waals surface area contributed by atoms with E-state index in [0.717, 1.165) is 11.0 Å². The zero-order valence-corrected chi connectivity index (χ0v) is 12.3. The summed E-state index contributed by atoms with van der Waals surface area (Å²) in [6, 6.07) is 3.03. The van der Waals surface area contributed by atoms with Crippen LogP contribution in [0.2, 0.25) is 0 Å². The number of amides is 2. The van der Waals surface area contributed by atoms with Gasteiger partial charge in [-0.05, 0) is 25.1 Å². The van der Waals surface area contributed by atoms with E-state index in [1.807, 2.05) is 0 Å². The molecule has 2 amide bonds. The maximum absolute atomic E-state index is 12.5. The van der Waals surface area contributed by atoms with Gasteiger partial charge < -0.3 is 10.1 Å². The molecule has 0 aromatic heterocycles. The summed E-state index contributed by atoms with van der Waals surface area (Å²) in [5.74, 6) is -1.51. The van der Waals surface area contributed by atoms with E-state index >= 15 is 0 Å². The molecule has 5 nitrogen and oxygen atoms in total. The fraction of sp³-hybridized carbons (Fsp3) is 0.333. The molecule has 0 radical (unpaired) electrons. The number of rotatable bonds is 2. The fourth-order valence-corrected chi connectivity index (χ4v) is 2.27. The Morgan fingerprint density at radius 2 is 2.05 bits per heavy atom. The van der Waals surface area contributed by atoms with E-state index in [2.05, 4.69) is 26.0 Å². The maximum Gasteiger partial charge on any atom is 0.573 e. The smallest absolute Gasteiger partial charge is 0.404 e. The molecule has 0 bridgehead atoms. The number of piperazine rings is 1. The van der Waals surface area contributed by atoms with E-state index < -0.39 is 30.0 Å². The van der Waals surface area contributed by atoms with Crippen LogP contribution in [0.3, 0.4) is 0 Å². The SMILES string of the molecule is CC1NC(=O)CN(c2ccc(Br)cc2OC(F)(F)F)C1=O. The molecule has 1 N–H and O–H groups in total. The zero-order valence-electron chi connectivity index (χ0n) is 10.7. The van der Waals surface area contributed by atoms with Crippen LogP contribution in [0.5, 0.6) is 5.75 Å². The summed E-state index contributed by atoms with van der Waals surface area (Å²) in [6.45, 7) is 1.09. The van der Waals surface area contributed by atoms with Gasteiger partial charge in [0.15, 0.2) is 5.75 Å². The molecule has 1 fully saturated rings. The van der Waals surface area contributed by atoms with Crippen molar-refractivity contribution < 1.29 is 27.5 Å². The van der Waals surface area contributed by atoms with Crippen LogP contribution < -0.4 is 15.0 Å². The minimum absolute atomic E-state index is 0.109. The van der Waals surface area contributed by atoms with Crippen LogP contribution in [0.25, 0.3) is 0 Å². The van der Waals surface area contributed by atoms with Crippen molar-refractivity contribution in [1.82, 2.24) is 5.32 Å². The first kappa shape index (κ1) is 15.6. The van der Waals surface area contributed by atoms with Crippen LogP contribution in [-0.4, -0.2) is 30.8 Å². The number of carbonyl (C=O) groups excluding carboxylic acids is 2. The highest BCUT2D eigenvalue weighted by atomic mass is 79.9. The number of hydrogen-bond acceptors (Lipinski definition) is 3. The molecule has 1 heterocycles. The Balaban J connectivity index is 2.42. The number of nitrogens with zero attached hydrogens (tertiary/aromatic N) is 1. The van der Waals surface area contributed by atoms with Crippen LogP contribution in [0.1, 0.15) is 6.92 Å². The summed E-state index contributed by atoms with van der Waals surface area (Å²) >= 11 is 3.04. The number of carbonyl (C=O) groups is 2. The van der Waals surface area contributed by atoms with Crippen LogP contribution in [-0.2, 0) is 9.59 Å². The highest BCUT2D eigenvalue weighted by Crippen LogP contribution is 2.36. The highest BCUT2D eigenvalue weighted by molar-refractivity contribution is 9.10. The average Bonchev–Trinajstić information content (AvgIpc) is 2.32. The van der Waals surface area contributed by atoms with Gasteiger partial charge in [0.2, 0.25) is 11.8 Å². The van der Waals surface area contributed by atoms with Crippen molar-refractivity contribution in [3.63, 3.8) is 0 Å². The van der Waals surface area contributed by atoms with E-state index in [-0.39, 0.29) is 12.2 Å². The second-order valence-corrected chi connectivity index (χ2v) is 5.29. The zero-order chi connectivity index (χ0) is 15.8. The Morgan fingerprint density at radius 1 is 1.38 bits per heavy atom. The third-order valence-electron chi connectivity index (χ3n) is 2.75. The highest BCUT2D eigenvalue weighted by Gasteiger charge is 2.36. The Morgan fingerprint density at radius 3 is 2.67 bits per heavy atom. The van der Waals surface area contributed by atoms with E-state index in [9.17, 15) is 22.8 Å². The van der Waals surface area contributed by atoms with E-state index in [4.69, 9.17) is 0 Å². The lowest BCUT2D eigenvalue weighted by Gasteiger charge is -2.31. The first-order chi connectivity index (χ1) is 9.67. The third-order valence-corrected chi connectivity index (χ3v) is 3.25. The molecule has 1 unspecified atom stereocenters. The average molecular weight is 367 g/mol. The van der Waals surface area contributed by atoms with Gasteiger partial charge in [0.1, 0.15) is 12.6 Å². The predicted octanol–water partition coefficient (Wildman–Crippen LogP) is 2.20. The molecule has 1 atom stereocenters. The van der Waals surface area contributed by atoms with Gasteiger partial charge in [0.05, 0.1) is 5.69 Å². The molecule has 21 heavy (non-hydrogen) atoms. The van der Waals surface area contributed by atoms with Gasteiger partial charge in [-0.1, -0.05) is 15.9 Å². The van der Waals surface area contributed by atoms with Gasteiger partial charge in [-0.25, -0.2) is 0 Å². The lowest BCUT2D eigenvalue weighted by molar-refractivity contribution is -0.274. The standard InChI is InChI=1S/C12H10BrF3N2O3/c1-6-11(20)18(5-10(19)17-6)8-3-2-7(13)4-9(8)21-12(14,15)16/h2-4,6H,5H2,1H3,(H,17,19). The maximum atomic E-state index is 12.5. The molecule has 9 heteroatoms. The summed E-state index contributed by atoms with van der Waals surface area (Å²) in [7, 11) is 0. The Labute approximate surface area is 126 Å². The molecule has 1 aliphatic rings. The largest absolute Gasteiger partial charge is 0.573 e. The summed E-state index contributed by atoms with van der Waals surface area (Å²) in [4.78, 5) is 24.5. The van der Waals surface area contributed by atoms with Gasteiger partial charge >= 0.3 is 6.36 Å². The first-order valence-electron chi connectivity index (χ1n) is 5.83. The van der Waals surface area contributed by atoms with E-state index in [1.54, 1.807) is 0 Å². The van der Waals surface area contributed by atoms with Crippen molar-refractivity contribution >= 4 is 33.4 Å². The third kappa shape index (κ3) is 3.66. The van der Waals surface area contributed by atoms with Crippen molar-refractivity contribution in [3.05, 3.63) is 22.7 Å². The molecular formula is C12H10BrF3N2O3. The van der Waals surface area contributed by atoms with Crippen molar-refractivity contribution in [2.45, 2.75) is 19.3 Å². The van der Waals surface area contributed by atoms with Gasteiger partial charge in [0.25, 0.3) is 0 Å². The van der Waals surface area contributed by atoms with Crippen LogP contribution >= 0.6 is 15.9 Å². The monoisotopic (exact) mass is 366 g/mol. The Hall–Kier alpha value is -1.77. The molecular weight excluding hydrogens is 357 g/mol. The molecule has 0 saturated carbocycles. The molecule has 2 rings (SSSR count).